The van der Waals surface area contributed by atoms with Gasteiger partial charge in [0.15, 0.2) is 0 Å². The molecule has 0 saturated heterocycles. The van der Waals surface area contributed by atoms with Crippen molar-refractivity contribution in [3.8, 4) is 11.4 Å². The average Bonchev–Trinajstić information content (AvgIpc) is 2.75. The van der Waals surface area contributed by atoms with Crippen LogP contribution in [0.2, 0.25) is 0 Å². The lowest BCUT2D eigenvalue weighted by Gasteiger charge is -2.07. The molecule has 5 heteroatoms. The number of H-pyrrole nitrogens is 1. The van der Waals surface area contributed by atoms with Gasteiger partial charge in [0.25, 0.3) is 0 Å². The highest BCUT2D eigenvalue weighted by Crippen LogP contribution is 2.26. The zero-order chi connectivity index (χ0) is 13.4. The molecule has 3 aromatic rings. The fourth-order valence-electron chi connectivity index (χ4n) is 2.15. The summed E-state index contributed by atoms with van der Waals surface area (Å²) in [6, 6.07) is 11.4. The summed E-state index contributed by atoms with van der Waals surface area (Å²) in [4.78, 5) is 14.7. The van der Waals surface area contributed by atoms with Crippen LogP contribution in [-0.2, 0) is 0 Å². The molecule has 0 fully saturated rings. The second kappa shape index (κ2) is 4.28. The maximum absolute atomic E-state index is 13.9. The molecule has 0 aliphatic heterocycles. The summed E-state index contributed by atoms with van der Waals surface area (Å²) < 4.78 is 20.4. The van der Waals surface area contributed by atoms with Crippen molar-refractivity contribution in [2.45, 2.75) is 0 Å². The Morgan fingerprint density at radius 3 is 2.68 bits per heavy atom. The highest BCUT2D eigenvalue weighted by molar-refractivity contribution is 5.83. The number of hydrogen-bond acceptors (Lipinski definition) is 2. The maximum atomic E-state index is 13.9. The Hall–Kier alpha value is -2.56. The van der Waals surface area contributed by atoms with Gasteiger partial charge in [0.05, 0.1) is 18.3 Å². The van der Waals surface area contributed by atoms with E-state index in [4.69, 9.17) is 4.74 Å². The van der Waals surface area contributed by atoms with Gasteiger partial charge in [0, 0.05) is 0 Å². The van der Waals surface area contributed by atoms with Crippen LogP contribution in [0, 0.1) is 5.82 Å². The first-order chi connectivity index (χ1) is 9.22. The number of imidazole rings is 1. The molecule has 0 unspecified atom stereocenters. The first kappa shape index (κ1) is 11.5. The summed E-state index contributed by atoms with van der Waals surface area (Å²) >= 11 is 0. The van der Waals surface area contributed by atoms with Crippen molar-refractivity contribution in [2.75, 3.05) is 7.11 Å². The van der Waals surface area contributed by atoms with Gasteiger partial charge in [-0.3, -0.25) is 4.57 Å². The SMILES string of the molecule is COc1cccc2[nH]c(=O)n(-c3ccccc3F)c12. The lowest BCUT2D eigenvalue weighted by Crippen LogP contribution is -2.16. The van der Waals surface area contributed by atoms with E-state index in [1.807, 2.05) is 0 Å². The molecular weight excluding hydrogens is 247 g/mol. The lowest BCUT2D eigenvalue weighted by atomic mass is 10.2. The number of halogens is 1. The number of hydrogen-bond donors (Lipinski definition) is 1. The summed E-state index contributed by atoms with van der Waals surface area (Å²) in [5.74, 6) is 0.0514. The normalized spacial score (nSPS) is 10.8. The Kier molecular flexibility index (Phi) is 2.59. The number of aromatic amines is 1. The predicted molar refractivity (Wildman–Crippen MR) is 70.4 cm³/mol. The number of ether oxygens (including phenoxy) is 1. The van der Waals surface area contributed by atoms with Gasteiger partial charge in [-0.25, -0.2) is 9.18 Å². The van der Waals surface area contributed by atoms with Crippen LogP contribution in [0.15, 0.2) is 47.3 Å². The van der Waals surface area contributed by atoms with E-state index in [0.717, 1.165) is 0 Å². The van der Waals surface area contributed by atoms with E-state index in [-0.39, 0.29) is 5.69 Å². The van der Waals surface area contributed by atoms with Crippen molar-refractivity contribution in [3.63, 3.8) is 0 Å². The number of methoxy groups -OCH3 is 1. The first-order valence-corrected chi connectivity index (χ1v) is 5.75. The number of benzene rings is 2. The third-order valence-electron chi connectivity index (χ3n) is 2.98. The lowest BCUT2D eigenvalue weighted by molar-refractivity contribution is 0.418. The summed E-state index contributed by atoms with van der Waals surface area (Å²) in [6.07, 6.45) is 0. The zero-order valence-corrected chi connectivity index (χ0v) is 10.2. The van der Waals surface area contributed by atoms with E-state index in [0.29, 0.717) is 16.8 Å². The average molecular weight is 258 g/mol. The Morgan fingerprint density at radius 1 is 1.16 bits per heavy atom. The second-order valence-electron chi connectivity index (χ2n) is 4.07. The summed E-state index contributed by atoms with van der Waals surface area (Å²) in [7, 11) is 1.51. The molecule has 0 radical (unpaired) electrons. The van der Waals surface area contributed by atoms with E-state index in [1.165, 1.54) is 17.7 Å². The van der Waals surface area contributed by atoms with E-state index >= 15 is 0 Å². The Morgan fingerprint density at radius 2 is 1.95 bits per heavy atom. The van der Waals surface area contributed by atoms with Gasteiger partial charge in [0.2, 0.25) is 0 Å². The predicted octanol–water partition coefficient (Wildman–Crippen LogP) is 2.47. The van der Waals surface area contributed by atoms with Crippen molar-refractivity contribution < 1.29 is 9.13 Å². The largest absolute Gasteiger partial charge is 0.494 e. The number of para-hydroxylation sites is 2. The van der Waals surface area contributed by atoms with E-state index in [9.17, 15) is 9.18 Å². The van der Waals surface area contributed by atoms with Gasteiger partial charge in [-0.05, 0) is 24.3 Å². The molecule has 1 aromatic heterocycles. The molecule has 0 amide bonds. The van der Waals surface area contributed by atoms with Crippen LogP contribution in [0.25, 0.3) is 16.7 Å². The smallest absolute Gasteiger partial charge is 0.331 e. The van der Waals surface area contributed by atoms with Crippen LogP contribution in [0.4, 0.5) is 4.39 Å². The molecule has 3 rings (SSSR count). The number of rotatable bonds is 2. The fourth-order valence-corrected chi connectivity index (χ4v) is 2.15. The third-order valence-corrected chi connectivity index (χ3v) is 2.98. The van der Waals surface area contributed by atoms with Crippen molar-refractivity contribution in [3.05, 3.63) is 58.8 Å². The van der Waals surface area contributed by atoms with Crippen molar-refractivity contribution in [1.29, 1.82) is 0 Å². The first-order valence-electron chi connectivity index (χ1n) is 5.75. The Bertz CT molecular complexity index is 805. The second-order valence-corrected chi connectivity index (χ2v) is 4.07. The molecule has 0 atom stereocenters. The minimum Gasteiger partial charge on any atom is -0.494 e. The van der Waals surface area contributed by atoms with Crippen LogP contribution < -0.4 is 10.4 Å². The maximum Gasteiger partial charge on any atom is 0.331 e. The molecule has 2 aromatic carbocycles. The van der Waals surface area contributed by atoms with Gasteiger partial charge < -0.3 is 9.72 Å². The number of aromatic nitrogens is 2. The molecule has 19 heavy (non-hydrogen) atoms. The van der Waals surface area contributed by atoms with E-state index in [2.05, 4.69) is 4.98 Å². The number of nitrogens with zero attached hydrogens (tertiary/aromatic N) is 1. The van der Waals surface area contributed by atoms with Crippen molar-refractivity contribution >= 4 is 11.0 Å². The van der Waals surface area contributed by atoms with E-state index < -0.39 is 11.5 Å². The molecule has 96 valence electrons. The minimum absolute atomic E-state index is 0.197. The van der Waals surface area contributed by atoms with Gasteiger partial charge in [-0.1, -0.05) is 18.2 Å². The third kappa shape index (κ3) is 1.71. The molecule has 0 spiro atoms. The molecule has 0 aliphatic rings. The molecular formula is C14H11FN2O2. The molecule has 0 bridgehead atoms. The molecule has 4 nitrogen and oxygen atoms in total. The highest BCUT2D eigenvalue weighted by Gasteiger charge is 2.15. The van der Waals surface area contributed by atoms with E-state index in [1.54, 1.807) is 36.4 Å². The molecule has 0 aliphatic carbocycles. The van der Waals surface area contributed by atoms with Crippen molar-refractivity contribution in [1.82, 2.24) is 9.55 Å². The quantitative estimate of drug-likeness (QED) is 0.767. The molecule has 0 saturated carbocycles. The monoisotopic (exact) mass is 258 g/mol. The summed E-state index contributed by atoms with van der Waals surface area (Å²) in [6.45, 7) is 0. The van der Waals surface area contributed by atoms with Gasteiger partial charge in [0.1, 0.15) is 17.1 Å². The zero-order valence-electron chi connectivity index (χ0n) is 10.2. The number of nitrogens with one attached hydrogen (secondary N) is 1. The van der Waals surface area contributed by atoms with Crippen molar-refractivity contribution in [2.24, 2.45) is 0 Å². The minimum atomic E-state index is -0.462. The fraction of sp³-hybridized carbons (Fsp3) is 0.0714. The Balaban J connectivity index is 2.45. The molecule has 1 heterocycles. The van der Waals surface area contributed by atoms with Gasteiger partial charge in [-0.2, -0.15) is 0 Å². The van der Waals surface area contributed by atoms with Gasteiger partial charge in [-0.15, -0.1) is 0 Å². The van der Waals surface area contributed by atoms with Gasteiger partial charge >= 0.3 is 5.69 Å². The number of fused-ring (bicyclic) bond motifs is 1. The summed E-state index contributed by atoms with van der Waals surface area (Å²) in [5.41, 5.74) is 0.931. The van der Waals surface area contributed by atoms with Crippen LogP contribution in [0.1, 0.15) is 0 Å². The standard InChI is InChI=1S/C14H11FN2O2/c1-19-12-8-4-6-10-13(12)17(14(18)16-10)11-7-3-2-5-9(11)15/h2-8H,1H3,(H,16,18). The molecule has 1 N–H and O–H groups in total. The topological polar surface area (TPSA) is 47.0 Å². The van der Waals surface area contributed by atoms with Crippen LogP contribution in [0.3, 0.4) is 0 Å². The van der Waals surface area contributed by atoms with Crippen LogP contribution in [-0.4, -0.2) is 16.7 Å². The Labute approximate surface area is 108 Å². The van der Waals surface area contributed by atoms with Crippen LogP contribution in [0.5, 0.6) is 5.75 Å². The van der Waals surface area contributed by atoms with Crippen LogP contribution >= 0.6 is 0 Å². The highest BCUT2D eigenvalue weighted by atomic mass is 19.1. The summed E-state index contributed by atoms with van der Waals surface area (Å²) in [5, 5.41) is 0.